The van der Waals surface area contributed by atoms with Crippen molar-refractivity contribution in [3.05, 3.63) is 59.7 Å². The molecule has 0 aliphatic rings. The number of amides is 1. The van der Waals surface area contributed by atoms with Crippen molar-refractivity contribution in [2.24, 2.45) is 0 Å². The fourth-order valence-electron chi connectivity index (χ4n) is 2.54. The Morgan fingerprint density at radius 1 is 1.12 bits per heavy atom. The van der Waals surface area contributed by atoms with Crippen molar-refractivity contribution in [2.75, 3.05) is 26.5 Å². The molecule has 0 saturated heterocycles. The second kappa shape index (κ2) is 9.20. The van der Waals surface area contributed by atoms with Crippen molar-refractivity contribution in [3.8, 4) is 5.75 Å². The molecule has 0 aromatic heterocycles. The highest BCUT2D eigenvalue weighted by atomic mass is 32.1. The van der Waals surface area contributed by atoms with E-state index in [0.717, 1.165) is 23.4 Å². The van der Waals surface area contributed by atoms with Gasteiger partial charge in [-0.1, -0.05) is 19.1 Å². The van der Waals surface area contributed by atoms with E-state index < -0.39 is 0 Å². The predicted octanol–water partition coefficient (Wildman–Crippen LogP) is 3.83. The Bertz CT molecular complexity index is 743. The van der Waals surface area contributed by atoms with E-state index in [1.165, 1.54) is 0 Å². The first-order valence-corrected chi connectivity index (χ1v) is 8.88. The minimum atomic E-state index is -0.0252. The molecule has 2 aromatic carbocycles. The van der Waals surface area contributed by atoms with Crippen LogP contribution in [-0.4, -0.2) is 37.1 Å². The first-order chi connectivity index (χ1) is 12.4. The molecule has 2 rings (SSSR count). The number of hydrogen-bond donors (Lipinski definition) is 2. The quantitative estimate of drug-likeness (QED) is 0.756. The summed E-state index contributed by atoms with van der Waals surface area (Å²) >= 11 is 5.43. The largest absolute Gasteiger partial charge is 0.497 e. The molecule has 0 aliphatic carbocycles. The van der Waals surface area contributed by atoms with Crippen LogP contribution in [0.3, 0.4) is 0 Å². The Morgan fingerprint density at radius 2 is 1.73 bits per heavy atom. The summed E-state index contributed by atoms with van der Waals surface area (Å²) in [5.41, 5.74) is 2.62. The van der Waals surface area contributed by atoms with Gasteiger partial charge in [-0.15, -0.1) is 0 Å². The van der Waals surface area contributed by atoms with Gasteiger partial charge in [-0.2, -0.15) is 0 Å². The van der Waals surface area contributed by atoms with Gasteiger partial charge < -0.3 is 20.3 Å². The topological polar surface area (TPSA) is 53.6 Å². The van der Waals surface area contributed by atoms with Crippen LogP contribution in [0.25, 0.3) is 0 Å². The molecular weight excluding hydrogens is 346 g/mol. The molecule has 138 valence electrons. The number of methoxy groups -OCH3 is 1. The lowest BCUT2D eigenvalue weighted by Gasteiger charge is -2.20. The Hall–Kier alpha value is -2.60. The Kier molecular flexibility index (Phi) is 6.97. The van der Waals surface area contributed by atoms with Gasteiger partial charge in [0, 0.05) is 25.3 Å². The van der Waals surface area contributed by atoms with Crippen molar-refractivity contribution in [3.63, 3.8) is 0 Å². The van der Waals surface area contributed by atoms with E-state index in [-0.39, 0.29) is 11.9 Å². The van der Waals surface area contributed by atoms with Gasteiger partial charge in [0.25, 0.3) is 5.91 Å². The molecule has 0 unspecified atom stereocenters. The minimum Gasteiger partial charge on any atom is -0.497 e. The summed E-state index contributed by atoms with van der Waals surface area (Å²) in [5, 5.41) is 7.04. The van der Waals surface area contributed by atoms with Crippen LogP contribution in [0.5, 0.6) is 5.75 Å². The van der Waals surface area contributed by atoms with Crippen molar-refractivity contribution < 1.29 is 9.53 Å². The first-order valence-electron chi connectivity index (χ1n) is 8.47. The second-order valence-electron chi connectivity index (χ2n) is 6.11. The first kappa shape index (κ1) is 19.7. The zero-order valence-corrected chi connectivity index (χ0v) is 16.4. The molecule has 1 amide bonds. The third kappa shape index (κ3) is 5.20. The van der Waals surface area contributed by atoms with Crippen LogP contribution in [0.15, 0.2) is 48.5 Å². The molecule has 0 fully saturated rings. The van der Waals surface area contributed by atoms with Gasteiger partial charge in [0.05, 0.1) is 13.2 Å². The highest BCUT2D eigenvalue weighted by Crippen LogP contribution is 2.20. The summed E-state index contributed by atoms with van der Waals surface area (Å²) < 4.78 is 5.20. The Morgan fingerprint density at radius 3 is 2.23 bits per heavy atom. The number of thiocarbonyl (C=S) groups is 1. The molecule has 0 radical (unpaired) electrons. The van der Waals surface area contributed by atoms with Gasteiger partial charge >= 0.3 is 0 Å². The van der Waals surface area contributed by atoms with Crippen LogP contribution < -0.4 is 15.4 Å². The normalized spacial score (nSPS) is 11.4. The van der Waals surface area contributed by atoms with Gasteiger partial charge in [-0.05, 0) is 60.6 Å². The number of nitrogens with zero attached hydrogens (tertiary/aromatic N) is 1. The molecule has 5 nitrogen and oxygen atoms in total. The van der Waals surface area contributed by atoms with E-state index in [2.05, 4.69) is 17.6 Å². The van der Waals surface area contributed by atoms with Gasteiger partial charge in [-0.25, -0.2) is 0 Å². The monoisotopic (exact) mass is 371 g/mol. The van der Waals surface area contributed by atoms with Crippen LogP contribution in [0.1, 0.15) is 35.3 Å². The minimum absolute atomic E-state index is 0.0252. The summed E-state index contributed by atoms with van der Waals surface area (Å²) in [5.74, 6) is 0.805. The van der Waals surface area contributed by atoms with Crippen LogP contribution >= 0.6 is 12.2 Å². The molecule has 1 atom stereocenters. The van der Waals surface area contributed by atoms with Gasteiger partial charge in [0.2, 0.25) is 0 Å². The smallest absolute Gasteiger partial charge is 0.253 e. The van der Waals surface area contributed by atoms with E-state index in [1.807, 2.05) is 36.4 Å². The van der Waals surface area contributed by atoms with E-state index in [9.17, 15) is 4.79 Å². The highest BCUT2D eigenvalue weighted by Gasteiger charge is 2.12. The van der Waals surface area contributed by atoms with Gasteiger partial charge in [-0.3, -0.25) is 4.79 Å². The molecule has 6 heteroatoms. The van der Waals surface area contributed by atoms with E-state index in [0.29, 0.717) is 10.7 Å². The van der Waals surface area contributed by atoms with Gasteiger partial charge in [0.1, 0.15) is 5.75 Å². The summed E-state index contributed by atoms with van der Waals surface area (Å²) in [6.07, 6.45) is 0.893. The zero-order valence-electron chi connectivity index (χ0n) is 15.6. The summed E-state index contributed by atoms with van der Waals surface area (Å²) in [7, 11) is 5.12. The lowest BCUT2D eigenvalue weighted by molar-refractivity contribution is 0.0827. The maximum atomic E-state index is 11.9. The average Bonchev–Trinajstić information content (AvgIpc) is 2.66. The van der Waals surface area contributed by atoms with Crippen LogP contribution in [0, 0.1) is 0 Å². The summed E-state index contributed by atoms with van der Waals surface area (Å²) in [6.45, 7) is 2.10. The third-order valence-corrected chi connectivity index (χ3v) is 4.25. The van der Waals surface area contributed by atoms with Crippen molar-refractivity contribution in [1.82, 2.24) is 10.2 Å². The highest BCUT2D eigenvalue weighted by molar-refractivity contribution is 7.80. The summed E-state index contributed by atoms with van der Waals surface area (Å²) in [6, 6.07) is 15.3. The number of hydrogen-bond acceptors (Lipinski definition) is 3. The molecule has 26 heavy (non-hydrogen) atoms. The number of ether oxygens (including phenoxy) is 1. The number of nitrogens with one attached hydrogen (secondary N) is 2. The van der Waals surface area contributed by atoms with E-state index in [1.54, 1.807) is 38.2 Å². The van der Waals surface area contributed by atoms with Crippen LogP contribution in [-0.2, 0) is 0 Å². The average molecular weight is 372 g/mol. The molecule has 0 aliphatic heterocycles. The lowest BCUT2D eigenvalue weighted by Crippen LogP contribution is -2.32. The zero-order chi connectivity index (χ0) is 19.1. The Labute approximate surface area is 160 Å². The number of benzene rings is 2. The number of carbonyl (C=O) groups is 1. The SMILES string of the molecule is CC[C@@H](NC(=S)Nc1ccc(C(=O)N(C)C)cc1)c1ccc(OC)cc1. The van der Waals surface area contributed by atoms with Crippen molar-refractivity contribution in [1.29, 1.82) is 0 Å². The van der Waals surface area contributed by atoms with Gasteiger partial charge in [0.15, 0.2) is 5.11 Å². The molecule has 2 N–H and O–H groups in total. The number of carbonyl (C=O) groups excluding carboxylic acids is 1. The maximum absolute atomic E-state index is 11.9. The van der Waals surface area contributed by atoms with Crippen molar-refractivity contribution >= 4 is 28.9 Å². The lowest BCUT2D eigenvalue weighted by atomic mass is 10.0. The molecule has 2 aromatic rings. The van der Waals surface area contributed by atoms with Crippen LogP contribution in [0.4, 0.5) is 5.69 Å². The second-order valence-corrected chi connectivity index (χ2v) is 6.52. The van der Waals surface area contributed by atoms with Crippen molar-refractivity contribution in [2.45, 2.75) is 19.4 Å². The predicted molar refractivity (Wildman–Crippen MR) is 110 cm³/mol. The molecule has 0 saturated carbocycles. The standard InChI is InChI=1S/C20H25N3O2S/c1-5-18(14-8-12-17(25-4)13-9-14)22-20(26)21-16-10-6-15(7-11-16)19(24)23(2)3/h6-13,18H,5H2,1-4H3,(H2,21,22,26)/t18-/m1/s1. The molecular formula is C20H25N3O2S. The fraction of sp³-hybridized carbons (Fsp3) is 0.300. The van der Waals surface area contributed by atoms with Crippen LogP contribution in [0.2, 0.25) is 0 Å². The number of rotatable bonds is 6. The summed E-state index contributed by atoms with van der Waals surface area (Å²) in [4.78, 5) is 13.5. The molecule has 0 heterocycles. The maximum Gasteiger partial charge on any atom is 0.253 e. The van der Waals surface area contributed by atoms with E-state index >= 15 is 0 Å². The van der Waals surface area contributed by atoms with E-state index in [4.69, 9.17) is 17.0 Å². The molecule has 0 spiro atoms. The third-order valence-electron chi connectivity index (χ3n) is 4.03. The Balaban J connectivity index is 1.98. The number of anilines is 1. The fourth-order valence-corrected chi connectivity index (χ4v) is 2.80. The molecule has 0 bridgehead atoms.